The molecular weight excluding hydrogens is 318 g/mol. The van der Waals surface area contributed by atoms with Gasteiger partial charge in [0.2, 0.25) is 12.7 Å². The second-order valence-electron chi connectivity index (χ2n) is 6.14. The molecule has 5 nitrogen and oxygen atoms in total. The Morgan fingerprint density at radius 2 is 1.92 bits per heavy atom. The monoisotopic (exact) mass is 337 g/mol. The van der Waals surface area contributed by atoms with Crippen LogP contribution >= 0.6 is 0 Å². The third-order valence-corrected chi connectivity index (χ3v) is 4.40. The van der Waals surface area contributed by atoms with Crippen LogP contribution in [0.25, 0.3) is 6.08 Å². The number of rotatable bonds is 4. The van der Waals surface area contributed by atoms with E-state index in [2.05, 4.69) is 11.4 Å². The van der Waals surface area contributed by atoms with Gasteiger partial charge in [-0.3, -0.25) is 4.79 Å². The zero-order chi connectivity index (χ0) is 17.2. The number of carbonyl (C=O) groups excluding carboxylic acids is 1. The van der Waals surface area contributed by atoms with E-state index in [-0.39, 0.29) is 18.7 Å². The topological polar surface area (TPSA) is 56.8 Å². The first kappa shape index (κ1) is 15.6. The van der Waals surface area contributed by atoms with Crippen LogP contribution in [0.15, 0.2) is 42.5 Å². The summed E-state index contributed by atoms with van der Waals surface area (Å²) in [6.45, 7) is 2.95. The van der Waals surface area contributed by atoms with Crippen molar-refractivity contribution in [3.8, 4) is 17.2 Å². The van der Waals surface area contributed by atoms with Gasteiger partial charge in [-0.2, -0.15) is 0 Å². The Bertz CT molecular complexity index is 844. The van der Waals surface area contributed by atoms with Crippen molar-refractivity contribution in [2.24, 2.45) is 0 Å². The van der Waals surface area contributed by atoms with E-state index in [1.165, 1.54) is 11.6 Å². The molecule has 0 saturated heterocycles. The van der Waals surface area contributed by atoms with Crippen LogP contribution in [0, 0.1) is 0 Å². The van der Waals surface area contributed by atoms with Crippen molar-refractivity contribution < 1.29 is 19.0 Å². The van der Waals surface area contributed by atoms with Crippen molar-refractivity contribution >= 4 is 12.0 Å². The van der Waals surface area contributed by atoms with Crippen LogP contribution in [0.3, 0.4) is 0 Å². The third kappa shape index (κ3) is 3.31. The molecule has 1 unspecified atom stereocenters. The highest BCUT2D eigenvalue weighted by Crippen LogP contribution is 2.32. The molecule has 2 aliphatic rings. The molecule has 5 heteroatoms. The number of nitrogens with one attached hydrogen (secondary N) is 1. The van der Waals surface area contributed by atoms with Gasteiger partial charge in [-0.15, -0.1) is 0 Å². The fourth-order valence-corrected chi connectivity index (χ4v) is 3.01. The fourth-order valence-electron chi connectivity index (χ4n) is 3.01. The molecule has 1 N–H and O–H groups in total. The Hall–Kier alpha value is -2.95. The van der Waals surface area contributed by atoms with Crippen LogP contribution in [0.1, 0.15) is 29.7 Å². The van der Waals surface area contributed by atoms with Gasteiger partial charge in [-0.25, -0.2) is 0 Å². The van der Waals surface area contributed by atoms with Crippen LogP contribution in [0.5, 0.6) is 17.2 Å². The van der Waals surface area contributed by atoms with E-state index in [9.17, 15) is 4.79 Å². The molecule has 0 aromatic heterocycles. The van der Waals surface area contributed by atoms with E-state index >= 15 is 0 Å². The quantitative estimate of drug-likeness (QED) is 0.870. The van der Waals surface area contributed by atoms with Gasteiger partial charge in [0, 0.05) is 12.5 Å². The van der Waals surface area contributed by atoms with Crippen molar-refractivity contribution in [1.82, 2.24) is 5.32 Å². The minimum atomic E-state index is -0.137. The second kappa shape index (κ2) is 6.51. The third-order valence-electron chi connectivity index (χ3n) is 4.40. The number of hydrogen-bond acceptors (Lipinski definition) is 4. The average molecular weight is 337 g/mol. The maximum atomic E-state index is 12.2. The van der Waals surface area contributed by atoms with Crippen LogP contribution in [0.4, 0.5) is 0 Å². The molecule has 0 radical (unpaired) electrons. The summed E-state index contributed by atoms with van der Waals surface area (Å²) in [7, 11) is 0. The Morgan fingerprint density at radius 1 is 1.08 bits per heavy atom. The average Bonchev–Trinajstić information content (AvgIpc) is 3.27. The normalized spacial score (nSPS) is 15.7. The highest BCUT2D eigenvalue weighted by molar-refractivity contribution is 5.92. The zero-order valence-corrected chi connectivity index (χ0v) is 14.0. The predicted octanol–water partition coefficient (Wildman–Crippen LogP) is 3.24. The van der Waals surface area contributed by atoms with Crippen LogP contribution in [0.2, 0.25) is 0 Å². The summed E-state index contributed by atoms with van der Waals surface area (Å²) >= 11 is 0. The Morgan fingerprint density at radius 3 is 2.84 bits per heavy atom. The number of hydrogen-bond donors (Lipinski definition) is 1. The van der Waals surface area contributed by atoms with E-state index in [4.69, 9.17) is 14.2 Å². The Labute approximate surface area is 146 Å². The van der Waals surface area contributed by atoms with Gasteiger partial charge in [0.05, 0.1) is 12.6 Å². The lowest BCUT2D eigenvalue weighted by Gasteiger charge is -2.14. The molecular formula is C20H19NO4. The number of amides is 1. The lowest BCUT2D eigenvalue weighted by molar-refractivity contribution is -0.117. The molecule has 0 spiro atoms. The largest absolute Gasteiger partial charge is 0.493 e. The highest BCUT2D eigenvalue weighted by atomic mass is 16.7. The first-order valence-electron chi connectivity index (χ1n) is 8.33. The summed E-state index contributed by atoms with van der Waals surface area (Å²) in [6, 6.07) is 11.6. The summed E-state index contributed by atoms with van der Waals surface area (Å²) in [5, 5.41) is 2.99. The van der Waals surface area contributed by atoms with E-state index in [1.54, 1.807) is 6.08 Å². The summed E-state index contributed by atoms with van der Waals surface area (Å²) in [6.07, 6.45) is 4.22. The molecule has 0 saturated carbocycles. The smallest absolute Gasteiger partial charge is 0.244 e. The van der Waals surface area contributed by atoms with Gasteiger partial charge in [0.25, 0.3) is 0 Å². The second-order valence-corrected chi connectivity index (χ2v) is 6.14. The van der Waals surface area contributed by atoms with Gasteiger partial charge < -0.3 is 19.5 Å². The maximum absolute atomic E-state index is 12.2. The summed E-state index contributed by atoms with van der Waals surface area (Å²) in [5.41, 5.74) is 3.17. The van der Waals surface area contributed by atoms with E-state index in [0.29, 0.717) is 5.75 Å². The minimum absolute atomic E-state index is 0.0696. The van der Waals surface area contributed by atoms with Crippen LogP contribution < -0.4 is 19.5 Å². The first-order valence-corrected chi connectivity index (χ1v) is 8.33. The molecule has 2 aliphatic heterocycles. The number of ether oxygens (including phenoxy) is 3. The van der Waals surface area contributed by atoms with Crippen LogP contribution in [-0.2, 0) is 11.2 Å². The summed E-state index contributed by atoms with van der Waals surface area (Å²) < 4.78 is 16.1. The molecule has 128 valence electrons. The SMILES string of the molecule is CC(NC(=O)/C=C/c1ccc2c(c1)OCO2)c1ccc2c(c1)CCO2. The minimum Gasteiger partial charge on any atom is -0.493 e. The highest BCUT2D eigenvalue weighted by Gasteiger charge is 2.15. The molecule has 25 heavy (non-hydrogen) atoms. The lowest BCUT2D eigenvalue weighted by atomic mass is 10.0. The molecule has 0 aliphatic carbocycles. The number of fused-ring (bicyclic) bond motifs is 2. The Balaban J connectivity index is 1.39. The van der Waals surface area contributed by atoms with Gasteiger partial charge in [0.15, 0.2) is 11.5 Å². The molecule has 1 atom stereocenters. The molecule has 4 rings (SSSR count). The molecule has 2 aromatic carbocycles. The molecule has 0 fully saturated rings. The molecule has 2 aromatic rings. The van der Waals surface area contributed by atoms with Crippen molar-refractivity contribution in [2.75, 3.05) is 13.4 Å². The Kier molecular flexibility index (Phi) is 4.06. The van der Waals surface area contributed by atoms with Crippen molar-refractivity contribution in [3.63, 3.8) is 0 Å². The van der Waals surface area contributed by atoms with E-state index in [0.717, 1.165) is 35.7 Å². The zero-order valence-electron chi connectivity index (χ0n) is 14.0. The molecule has 0 bridgehead atoms. The molecule has 1 amide bonds. The van der Waals surface area contributed by atoms with Crippen molar-refractivity contribution in [1.29, 1.82) is 0 Å². The lowest BCUT2D eigenvalue weighted by Crippen LogP contribution is -2.24. The van der Waals surface area contributed by atoms with Crippen molar-refractivity contribution in [3.05, 3.63) is 59.2 Å². The van der Waals surface area contributed by atoms with E-state index in [1.807, 2.05) is 37.3 Å². The standard InChI is InChI=1S/C20H19NO4/c1-13(15-4-6-17-16(11-15)8-9-23-17)21-20(22)7-3-14-2-5-18-19(10-14)25-12-24-18/h2-7,10-11,13H,8-9,12H2,1H3,(H,21,22)/b7-3+. The van der Waals surface area contributed by atoms with Gasteiger partial charge in [0.1, 0.15) is 5.75 Å². The summed E-state index contributed by atoms with van der Waals surface area (Å²) in [4.78, 5) is 12.2. The van der Waals surface area contributed by atoms with Gasteiger partial charge in [-0.05, 0) is 54.0 Å². The van der Waals surface area contributed by atoms with Gasteiger partial charge >= 0.3 is 0 Å². The number of carbonyl (C=O) groups is 1. The summed E-state index contributed by atoms with van der Waals surface area (Å²) in [5.74, 6) is 2.25. The molecule has 2 heterocycles. The fraction of sp³-hybridized carbons (Fsp3) is 0.250. The van der Waals surface area contributed by atoms with Crippen molar-refractivity contribution in [2.45, 2.75) is 19.4 Å². The van der Waals surface area contributed by atoms with E-state index < -0.39 is 0 Å². The van der Waals surface area contributed by atoms with Gasteiger partial charge in [-0.1, -0.05) is 12.1 Å². The van der Waals surface area contributed by atoms with Crippen LogP contribution in [-0.4, -0.2) is 19.3 Å². The number of benzene rings is 2. The predicted molar refractivity (Wildman–Crippen MR) is 93.8 cm³/mol. The first-order chi connectivity index (χ1) is 12.2. The maximum Gasteiger partial charge on any atom is 0.244 e.